The molecule has 0 radical (unpaired) electrons. The Kier molecular flexibility index (Phi) is 6.29. The van der Waals surface area contributed by atoms with Gasteiger partial charge >= 0.3 is 0 Å². The molecule has 2 heterocycles. The molecule has 0 N–H and O–H groups in total. The fourth-order valence-electron chi connectivity index (χ4n) is 3.73. The average molecular weight is 459 g/mol. The second-order valence-electron chi connectivity index (χ2n) is 7.87. The van der Waals surface area contributed by atoms with Gasteiger partial charge in [0.15, 0.2) is 5.11 Å². The summed E-state index contributed by atoms with van der Waals surface area (Å²) in [7, 11) is 1.83. The Morgan fingerprint density at radius 3 is 2.52 bits per heavy atom. The number of aryl methyl sites for hydroxylation is 1. The zero-order valence-electron chi connectivity index (χ0n) is 18.3. The number of carbonyl (C=O) groups is 1. The van der Waals surface area contributed by atoms with Gasteiger partial charge in [-0.1, -0.05) is 0 Å². The molecule has 2 aromatic heterocycles. The minimum Gasteiger partial charge on any atom is -0.439 e. The van der Waals surface area contributed by atoms with Crippen molar-refractivity contribution in [3.05, 3.63) is 66.4 Å². The van der Waals surface area contributed by atoms with Crippen molar-refractivity contribution in [1.82, 2.24) is 15.0 Å². The molecular formula is C24H22N6O2S. The minimum atomic E-state index is -0.699. The number of ether oxygens (including phenoxy) is 1. The van der Waals surface area contributed by atoms with Gasteiger partial charge in [0.25, 0.3) is 0 Å². The second kappa shape index (κ2) is 9.30. The zero-order chi connectivity index (χ0) is 23.4. The van der Waals surface area contributed by atoms with Crippen LogP contribution in [0.25, 0.3) is 0 Å². The van der Waals surface area contributed by atoms with Crippen molar-refractivity contribution in [2.75, 3.05) is 16.8 Å². The van der Waals surface area contributed by atoms with Crippen LogP contribution in [-0.4, -0.2) is 38.9 Å². The monoisotopic (exact) mass is 458 g/mol. The van der Waals surface area contributed by atoms with Crippen molar-refractivity contribution in [1.29, 1.82) is 5.26 Å². The predicted octanol–water partition coefficient (Wildman–Crippen LogP) is 4.19. The summed E-state index contributed by atoms with van der Waals surface area (Å²) in [6.07, 6.45) is 8.02. The largest absolute Gasteiger partial charge is 0.439 e. The summed E-state index contributed by atoms with van der Waals surface area (Å²) in [4.78, 5) is 28.1. The lowest BCUT2D eigenvalue weighted by Gasteiger charge is -2.48. The van der Waals surface area contributed by atoms with Gasteiger partial charge in [0.1, 0.15) is 35.7 Å². The van der Waals surface area contributed by atoms with Crippen LogP contribution < -0.4 is 14.5 Å². The highest BCUT2D eigenvalue weighted by atomic mass is 32.1. The Bertz CT molecular complexity index is 1210. The van der Waals surface area contributed by atoms with Crippen molar-refractivity contribution in [3.8, 4) is 17.7 Å². The van der Waals surface area contributed by atoms with E-state index in [1.165, 1.54) is 6.33 Å². The van der Waals surface area contributed by atoms with E-state index in [4.69, 9.17) is 17.0 Å². The Hall–Kier alpha value is -3.90. The molecule has 0 atom stereocenters. The van der Waals surface area contributed by atoms with Gasteiger partial charge in [0, 0.05) is 25.0 Å². The van der Waals surface area contributed by atoms with E-state index in [0.717, 1.165) is 29.6 Å². The van der Waals surface area contributed by atoms with Crippen molar-refractivity contribution in [3.63, 3.8) is 0 Å². The zero-order valence-corrected chi connectivity index (χ0v) is 19.1. The third-order valence-corrected chi connectivity index (χ3v) is 6.25. The number of anilines is 2. The third kappa shape index (κ3) is 4.38. The number of rotatable bonds is 6. The van der Waals surface area contributed by atoms with Crippen LogP contribution in [-0.2, 0) is 4.79 Å². The first-order chi connectivity index (χ1) is 16.0. The van der Waals surface area contributed by atoms with E-state index in [2.05, 4.69) is 21.0 Å². The van der Waals surface area contributed by atoms with E-state index in [1.54, 1.807) is 18.5 Å². The maximum Gasteiger partial charge on any atom is 0.222 e. The van der Waals surface area contributed by atoms with E-state index in [-0.39, 0.29) is 0 Å². The first kappa shape index (κ1) is 22.3. The van der Waals surface area contributed by atoms with Crippen LogP contribution in [0, 0.1) is 18.3 Å². The summed E-state index contributed by atoms with van der Waals surface area (Å²) >= 11 is 5.87. The number of nitrogens with zero attached hydrogens (tertiary/aromatic N) is 6. The molecule has 4 rings (SSSR count). The Balaban J connectivity index is 1.64. The van der Waals surface area contributed by atoms with Gasteiger partial charge < -0.3 is 19.3 Å². The number of carbonyl (C=O) groups excluding carboxylic acids is 1. The van der Waals surface area contributed by atoms with Crippen molar-refractivity contribution >= 4 is 35.0 Å². The van der Waals surface area contributed by atoms with Gasteiger partial charge in [0.05, 0.1) is 11.9 Å². The van der Waals surface area contributed by atoms with Crippen LogP contribution in [0.5, 0.6) is 11.6 Å². The van der Waals surface area contributed by atoms with E-state index in [1.807, 2.05) is 54.1 Å². The highest BCUT2D eigenvalue weighted by molar-refractivity contribution is 7.80. The average Bonchev–Trinajstić information content (AvgIpc) is 2.82. The summed E-state index contributed by atoms with van der Waals surface area (Å²) in [5.74, 6) is 1.05. The van der Waals surface area contributed by atoms with Gasteiger partial charge in [0.2, 0.25) is 5.88 Å². The number of hydrogen-bond donors (Lipinski definition) is 0. The maximum atomic E-state index is 12.2. The molecule has 33 heavy (non-hydrogen) atoms. The highest BCUT2D eigenvalue weighted by Gasteiger charge is 2.45. The molecule has 0 bridgehead atoms. The standard InChI is InChI=1S/C24H22N6O2S/c1-17-12-19(14-27-21(17)13-25)29(2)23(33)30(24(15-31)9-3-10-24)18-4-6-20(7-5-18)32-22-8-11-26-16-28-22/h4-8,11-12,14-16H,3,9-10H2,1-2H3. The molecule has 0 saturated heterocycles. The topological polar surface area (TPSA) is 95.2 Å². The quantitative estimate of drug-likeness (QED) is 0.398. The van der Waals surface area contributed by atoms with Gasteiger partial charge in [-0.3, -0.25) is 0 Å². The summed E-state index contributed by atoms with van der Waals surface area (Å²) in [5, 5.41) is 9.64. The summed E-state index contributed by atoms with van der Waals surface area (Å²) in [6, 6.07) is 13.0. The van der Waals surface area contributed by atoms with Crippen molar-refractivity contribution in [2.45, 2.75) is 31.7 Å². The van der Waals surface area contributed by atoms with Crippen LogP contribution in [0.15, 0.2) is 55.1 Å². The molecule has 166 valence electrons. The molecule has 0 amide bonds. The Morgan fingerprint density at radius 2 is 1.97 bits per heavy atom. The van der Waals surface area contributed by atoms with Crippen molar-refractivity contribution in [2.24, 2.45) is 0 Å². The van der Waals surface area contributed by atoms with Crippen LogP contribution in [0.2, 0.25) is 0 Å². The van der Waals surface area contributed by atoms with Gasteiger partial charge in [-0.2, -0.15) is 5.26 Å². The van der Waals surface area contributed by atoms with Crippen molar-refractivity contribution < 1.29 is 9.53 Å². The number of hydrogen-bond acceptors (Lipinski definition) is 7. The van der Waals surface area contributed by atoms with Crippen LogP contribution in [0.3, 0.4) is 0 Å². The van der Waals surface area contributed by atoms with E-state index in [9.17, 15) is 10.1 Å². The molecule has 1 fully saturated rings. The number of thiocarbonyl (C=S) groups is 1. The minimum absolute atomic E-state index is 0.373. The predicted molar refractivity (Wildman–Crippen MR) is 128 cm³/mol. The molecule has 0 aliphatic heterocycles. The van der Waals surface area contributed by atoms with Gasteiger partial charge in [-0.25, -0.2) is 15.0 Å². The molecule has 1 aliphatic carbocycles. The number of aldehydes is 1. The molecule has 8 nitrogen and oxygen atoms in total. The molecule has 1 saturated carbocycles. The van der Waals surface area contributed by atoms with E-state index in [0.29, 0.717) is 35.3 Å². The van der Waals surface area contributed by atoms with Gasteiger partial charge in [-0.15, -0.1) is 0 Å². The number of pyridine rings is 1. The first-order valence-corrected chi connectivity index (χ1v) is 10.8. The number of benzene rings is 1. The number of nitriles is 1. The summed E-state index contributed by atoms with van der Waals surface area (Å²) in [6.45, 7) is 1.83. The molecule has 1 aromatic carbocycles. The Labute approximate surface area is 197 Å². The van der Waals surface area contributed by atoms with Gasteiger partial charge in [-0.05, 0) is 74.3 Å². The molecule has 9 heteroatoms. The lowest BCUT2D eigenvalue weighted by atomic mass is 9.76. The summed E-state index contributed by atoms with van der Waals surface area (Å²) in [5.41, 5.74) is 1.96. The molecular weight excluding hydrogens is 436 g/mol. The van der Waals surface area contributed by atoms with Crippen LogP contribution in [0.1, 0.15) is 30.5 Å². The molecule has 1 aliphatic rings. The maximum absolute atomic E-state index is 12.2. The van der Waals surface area contributed by atoms with E-state index < -0.39 is 5.54 Å². The number of aromatic nitrogens is 3. The van der Waals surface area contributed by atoms with Crippen LogP contribution >= 0.6 is 12.2 Å². The van der Waals surface area contributed by atoms with Crippen LogP contribution in [0.4, 0.5) is 11.4 Å². The van der Waals surface area contributed by atoms with E-state index >= 15 is 0 Å². The lowest BCUT2D eigenvalue weighted by molar-refractivity contribution is -0.114. The third-order valence-electron chi connectivity index (χ3n) is 5.79. The first-order valence-electron chi connectivity index (χ1n) is 10.4. The highest BCUT2D eigenvalue weighted by Crippen LogP contribution is 2.40. The fourth-order valence-corrected chi connectivity index (χ4v) is 4.13. The normalized spacial score (nSPS) is 13.8. The summed E-state index contributed by atoms with van der Waals surface area (Å²) < 4.78 is 5.76. The smallest absolute Gasteiger partial charge is 0.222 e. The second-order valence-corrected chi connectivity index (χ2v) is 8.23. The lowest BCUT2D eigenvalue weighted by Crippen LogP contribution is -2.60. The SMILES string of the molecule is Cc1cc(N(C)C(=S)N(c2ccc(Oc3ccncn3)cc2)C2(C=O)CCC2)cnc1C#N. The fraction of sp³-hybridized carbons (Fsp3) is 0.250. The molecule has 3 aromatic rings. The Morgan fingerprint density at radius 1 is 1.21 bits per heavy atom. The molecule has 0 unspecified atom stereocenters. The molecule has 0 spiro atoms.